The van der Waals surface area contributed by atoms with Gasteiger partial charge in [-0.25, -0.2) is 0 Å². The lowest BCUT2D eigenvalue weighted by Gasteiger charge is -2.35. The maximum absolute atomic E-state index is 11.8. The van der Waals surface area contributed by atoms with Gasteiger partial charge in [-0.05, 0) is 13.0 Å². The summed E-state index contributed by atoms with van der Waals surface area (Å²) in [5.41, 5.74) is 0. The van der Waals surface area contributed by atoms with Crippen LogP contribution in [0.1, 0.15) is 27.2 Å². The van der Waals surface area contributed by atoms with Gasteiger partial charge < -0.3 is 15.1 Å². The van der Waals surface area contributed by atoms with E-state index >= 15 is 0 Å². The van der Waals surface area contributed by atoms with Gasteiger partial charge in [0.05, 0.1) is 6.54 Å². The maximum Gasteiger partial charge on any atom is 0.236 e. The van der Waals surface area contributed by atoms with Gasteiger partial charge in [-0.3, -0.25) is 9.59 Å². The molecule has 0 bridgehead atoms. The highest BCUT2D eigenvalue weighted by Gasteiger charge is 2.24. The van der Waals surface area contributed by atoms with E-state index in [2.05, 4.69) is 12.2 Å². The van der Waals surface area contributed by atoms with E-state index in [4.69, 9.17) is 0 Å². The first-order valence-electron chi connectivity index (χ1n) is 6.83. The topological polar surface area (TPSA) is 52.7 Å². The van der Waals surface area contributed by atoms with Crippen molar-refractivity contribution in [2.24, 2.45) is 5.92 Å². The van der Waals surface area contributed by atoms with Crippen LogP contribution in [0.2, 0.25) is 0 Å². The van der Waals surface area contributed by atoms with Crippen LogP contribution in [0, 0.1) is 5.92 Å². The summed E-state index contributed by atoms with van der Waals surface area (Å²) in [5.74, 6) is 0.366. The smallest absolute Gasteiger partial charge is 0.236 e. The minimum atomic E-state index is 0.0403. The molecule has 1 aliphatic heterocycles. The summed E-state index contributed by atoms with van der Waals surface area (Å²) in [6, 6.07) is 0. The van der Waals surface area contributed by atoms with Gasteiger partial charge in [-0.15, -0.1) is 0 Å². The Labute approximate surface area is 110 Å². The fraction of sp³-hybridized carbons (Fsp3) is 0.846. The van der Waals surface area contributed by atoms with E-state index in [9.17, 15) is 9.59 Å². The van der Waals surface area contributed by atoms with Crippen molar-refractivity contribution < 1.29 is 9.59 Å². The van der Waals surface area contributed by atoms with Crippen LogP contribution in [0.15, 0.2) is 0 Å². The number of rotatable bonds is 5. The van der Waals surface area contributed by atoms with Gasteiger partial charge in [-0.2, -0.15) is 0 Å². The van der Waals surface area contributed by atoms with Gasteiger partial charge in [0, 0.05) is 32.1 Å². The summed E-state index contributed by atoms with van der Waals surface area (Å²) in [5, 5.41) is 3.11. The zero-order valence-corrected chi connectivity index (χ0v) is 11.7. The van der Waals surface area contributed by atoms with Crippen molar-refractivity contribution in [3.05, 3.63) is 0 Å². The summed E-state index contributed by atoms with van der Waals surface area (Å²) in [6.45, 7) is 9.82. The molecule has 2 amide bonds. The summed E-state index contributed by atoms with van der Waals surface area (Å²) in [6.07, 6.45) is 1.03. The lowest BCUT2D eigenvalue weighted by molar-refractivity contribution is -0.141. The van der Waals surface area contributed by atoms with E-state index in [-0.39, 0.29) is 17.7 Å². The number of nitrogens with zero attached hydrogens (tertiary/aromatic N) is 2. The van der Waals surface area contributed by atoms with Crippen molar-refractivity contribution in [2.45, 2.75) is 27.2 Å². The van der Waals surface area contributed by atoms with Crippen LogP contribution >= 0.6 is 0 Å². The molecule has 0 aromatic carbocycles. The van der Waals surface area contributed by atoms with Crippen LogP contribution in [0.3, 0.4) is 0 Å². The third kappa shape index (κ3) is 4.29. The number of hydrogen-bond acceptors (Lipinski definition) is 3. The molecule has 1 aliphatic rings. The quantitative estimate of drug-likeness (QED) is 0.720. The van der Waals surface area contributed by atoms with Crippen LogP contribution in [0.25, 0.3) is 0 Å². The zero-order valence-electron chi connectivity index (χ0n) is 11.7. The standard InChI is InChI=1S/C13H25N3O2/c1-4-5-14-10-12(17)15-6-8-16(9-7-15)13(18)11(2)3/h11,14H,4-10H2,1-3H3. The first-order chi connectivity index (χ1) is 8.56. The third-order valence-electron chi connectivity index (χ3n) is 3.14. The molecule has 104 valence electrons. The minimum absolute atomic E-state index is 0.0403. The molecule has 1 heterocycles. The summed E-state index contributed by atoms with van der Waals surface area (Å²) in [7, 11) is 0. The highest BCUT2D eigenvalue weighted by atomic mass is 16.2. The Morgan fingerprint density at radius 2 is 1.67 bits per heavy atom. The molecule has 0 saturated carbocycles. The van der Waals surface area contributed by atoms with Crippen molar-refractivity contribution in [1.82, 2.24) is 15.1 Å². The normalized spacial score (nSPS) is 16.2. The van der Waals surface area contributed by atoms with E-state index in [1.165, 1.54) is 0 Å². The largest absolute Gasteiger partial charge is 0.339 e. The van der Waals surface area contributed by atoms with Gasteiger partial charge in [0.1, 0.15) is 0 Å². The molecule has 5 nitrogen and oxygen atoms in total. The van der Waals surface area contributed by atoms with Gasteiger partial charge in [-0.1, -0.05) is 20.8 Å². The van der Waals surface area contributed by atoms with Crippen LogP contribution in [-0.4, -0.2) is 60.9 Å². The minimum Gasteiger partial charge on any atom is -0.339 e. The lowest BCUT2D eigenvalue weighted by atomic mass is 10.1. The van der Waals surface area contributed by atoms with Gasteiger partial charge in [0.25, 0.3) is 0 Å². The molecule has 1 N–H and O–H groups in total. The molecule has 1 saturated heterocycles. The molecule has 1 rings (SSSR count). The van der Waals surface area contributed by atoms with Gasteiger partial charge in [0.2, 0.25) is 11.8 Å². The second kappa shape index (κ2) is 7.36. The Morgan fingerprint density at radius 3 is 2.17 bits per heavy atom. The third-order valence-corrected chi connectivity index (χ3v) is 3.14. The molecule has 0 aliphatic carbocycles. The SMILES string of the molecule is CCCNCC(=O)N1CCN(C(=O)C(C)C)CC1. The van der Waals surface area contributed by atoms with Crippen molar-refractivity contribution in [3.63, 3.8) is 0 Å². The van der Waals surface area contributed by atoms with Gasteiger partial charge in [0.15, 0.2) is 0 Å². The fourth-order valence-electron chi connectivity index (χ4n) is 2.03. The monoisotopic (exact) mass is 255 g/mol. The number of carbonyl (C=O) groups is 2. The van der Waals surface area contributed by atoms with E-state index in [1.54, 1.807) is 0 Å². The Kier molecular flexibility index (Phi) is 6.12. The second-order valence-corrected chi connectivity index (χ2v) is 5.04. The van der Waals surface area contributed by atoms with Crippen LogP contribution in [0.4, 0.5) is 0 Å². The maximum atomic E-state index is 11.8. The highest BCUT2D eigenvalue weighted by molar-refractivity contribution is 5.80. The predicted molar refractivity (Wildman–Crippen MR) is 71.2 cm³/mol. The summed E-state index contributed by atoms with van der Waals surface area (Å²) < 4.78 is 0. The van der Waals surface area contributed by atoms with Crippen molar-refractivity contribution in [2.75, 3.05) is 39.3 Å². The zero-order chi connectivity index (χ0) is 13.5. The molecule has 5 heteroatoms. The molecule has 0 aromatic heterocycles. The lowest BCUT2D eigenvalue weighted by Crippen LogP contribution is -2.53. The Hall–Kier alpha value is -1.10. The van der Waals surface area contributed by atoms with E-state index < -0.39 is 0 Å². The average Bonchev–Trinajstić information content (AvgIpc) is 2.38. The van der Waals surface area contributed by atoms with Crippen molar-refractivity contribution in [3.8, 4) is 0 Å². The number of hydrogen-bond donors (Lipinski definition) is 1. The van der Waals surface area contributed by atoms with E-state index in [0.29, 0.717) is 32.7 Å². The first kappa shape index (κ1) is 15.0. The highest BCUT2D eigenvalue weighted by Crippen LogP contribution is 2.07. The van der Waals surface area contributed by atoms with Crippen molar-refractivity contribution >= 4 is 11.8 Å². The fourth-order valence-corrected chi connectivity index (χ4v) is 2.03. The average molecular weight is 255 g/mol. The number of carbonyl (C=O) groups excluding carboxylic acids is 2. The van der Waals surface area contributed by atoms with Crippen molar-refractivity contribution in [1.29, 1.82) is 0 Å². The van der Waals surface area contributed by atoms with Crippen LogP contribution in [0.5, 0.6) is 0 Å². The molecule has 0 atom stereocenters. The summed E-state index contributed by atoms with van der Waals surface area (Å²) in [4.78, 5) is 27.3. The number of piperazine rings is 1. The molecular weight excluding hydrogens is 230 g/mol. The Bertz CT molecular complexity index is 284. The predicted octanol–water partition coefficient (Wildman–Crippen LogP) is 0.313. The molecule has 0 aromatic rings. The first-order valence-corrected chi connectivity index (χ1v) is 6.83. The molecule has 1 fully saturated rings. The van der Waals surface area contributed by atoms with Gasteiger partial charge >= 0.3 is 0 Å². The van der Waals surface area contributed by atoms with E-state index in [0.717, 1.165) is 13.0 Å². The number of amides is 2. The Balaban J connectivity index is 2.30. The molecule has 0 radical (unpaired) electrons. The number of nitrogens with one attached hydrogen (secondary N) is 1. The molecule has 0 unspecified atom stereocenters. The Morgan fingerprint density at radius 1 is 1.11 bits per heavy atom. The molecule has 18 heavy (non-hydrogen) atoms. The molecular formula is C13H25N3O2. The molecule has 0 spiro atoms. The van der Waals surface area contributed by atoms with E-state index in [1.807, 2.05) is 23.6 Å². The second-order valence-electron chi connectivity index (χ2n) is 5.04. The van der Waals surface area contributed by atoms with Crippen LogP contribution in [-0.2, 0) is 9.59 Å². The summed E-state index contributed by atoms with van der Waals surface area (Å²) >= 11 is 0. The van der Waals surface area contributed by atoms with Crippen LogP contribution < -0.4 is 5.32 Å².